The van der Waals surface area contributed by atoms with E-state index >= 15 is 0 Å². The van der Waals surface area contributed by atoms with Gasteiger partial charge in [-0.05, 0) is 36.4 Å². The number of hydrogen-bond acceptors (Lipinski definition) is 2. The fourth-order valence-electron chi connectivity index (χ4n) is 4.30. The number of benzene rings is 3. The molecule has 1 fully saturated rings. The van der Waals surface area contributed by atoms with E-state index < -0.39 is 7.26 Å². The quantitative estimate of drug-likeness (QED) is 0.500. The Bertz CT molecular complexity index is 887. The second-order valence-electron chi connectivity index (χ2n) is 6.95. The van der Waals surface area contributed by atoms with Gasteiger partial charge in [0, 0.05) is 13.0 Å². The van der Waals surface area contributed by atoms with Crippen LogP contribution >= 0.6 is 7.26 Å². The van der Waals surface area contributed by atoms with Crippen LogP contribution in [0.15, 0.2) is 91.0 Å². The zero-order chi connectivity index (χ0) is 19.4. The third-order valence-electron chi connectivity index (χ3n) is 5.49. The number of nitrogens with zero attached hydrogens (tertiary/aromatic N) is 2. The van der Waals surface area contributed by atoms with Gasteiger partial charge < -0.3 is 4.90 Å². The smallest absolute Gasteiger partial charge is 0.265 e. The highest BCUT2D eigenvalue weighted by atomic mass is 31.2. The number of amides is 1. The van der Waals surface area contributed by atoms with E-state index in [1.807, 2.05) is 18.2 Å². The van der Waals surface area contributed by atoms with Crippen molar-refractivity contribution in [2.75, 3.05) is 13.1 Å². The molecule has 28 heavy (non-hydrogen) atoms. The van der Waals surface area contributed by atoms with Crippen LogP contribution in [0.4, 0.5) is 0 Å². The Morgan fingerprint density at radius 3 is 1.64 bits per heavy atom. The molecule has 0 radical (unpaired) electrons. The molecule has 0 unspecified atom stereocenters. The molecule has 0 bridgehead atoms. The standard InChI is InChI=1S/C24H22N2OP/c25-17-19-26-18-16-23(24(26)27)28(20-10-4-1-5-11-20,21-12-6-2-7-13-21)22-14-8-3-9-15-22/h1-15,23H,16,18-19H2/q+1/t23-/m1/s1. The first-order valence-electron chi connectivity index (χ1n) is 9.50. The Hall–Kier alpha value is -2.95. The van der Waals surface area contributed by atoms with Gasteiger partial charge in [-0.2, -0.15) is 5.26 Å². The number of likely N-dealkylation sites (tertiary alicyclic amines) is 1. The number of nitriles is 1. The second-order valence-corrected chi connectivity index (χ2v) is 10.6. The molecule has 0 spiro atoms. The molecule has 0 saturated carbocycles. The van der Waals surface area contributed by atoms with Gasteiger partial charge in [-0.3, -0.25) is 4.79 Å². The van der Waals surface area contributed by atoms with Crippen molar-refractivity contribution in [3.63, 3.8) is 0 Å². The van der Waals surface area contributed by atoms with Crippen molar-refractivity contribution in [2.45, 2.75) is 12.1 Å². The van der Waals surface area contributed by atoms with E-state index in [4.69, 9.17) is 5.26 Å². The normalized spacial score (nSPS) is 16.8. The van der Waals surface area contributed by atoms with Crippen LogP contribution < -0.4 is 15.9 Å². The summed E-state index contributed by atoms with van der Waals surface area (Å²) in [7, 11) is -2.22. The summed E-state index contributed by atoms with van der Waals surface area (Å²) in [6.45, 7) is 0.805. The molecule has 1 saturated heterocycles. The average Bonchev–Trinajstić information content (AvgIpc) is 3.12. The first-order valence-corrected chi connectivity index (χ1v) is 11.4. The van der Waals surface area contributed by atoms with Crippen molar-refractivity contribution < 1.29 is 4.79 Å². The first-order chi connectivity index (χ1) is 13.8. The van der Waals surface area contributed by atoms with Gasteiger partial charge in [0.05, 0.1) is 6.07 Å². The zero-order valence-corrected chi connectivity index (χ0v) is 16.5. The number of rotatable bonds is 5. The molecule has 4 rings (SSSR count). The zero-order valence-electron chi connectivity index (χ0n) is 15.6. The molecule has 0 aliphatic carbocycles. The fourth-order valence-corrected chi connectivity index (χ4v) is 9.20. The summed E-state index contributed by atoms with van der Waals surface area (Å²) < 4.78 is 0. The van der Waals surface area contributed by atoms with E-state index in [0.29, 0.717) is 6.54 Å². The lowest BCUT2D eigenvalue weighted by atomic mass is 10.3. The van der Waals surface area contributed by atoms with Crippen LogP contribution in [-0.4, -0.2) is 29.6 Å². The topological polar surface area (TPSA) is 44.1 Å². The monoisotopic (exact) mass is 385 g/mol. The van der Waals surface area contributed by atoms with E-state index in [1.165, 1.54) is 15.9 Å². The molecule has 0 N–H and O–H groups in total. The summed E-state index contributed by atoms with van der Waals surface area (Å²) in [5, 5.41) is 12.8. The van der Waals surface area contributed by atoms with E-state index in [2.05, 4.69) is 78.9 Å². The van der Waals surface area contributed by atoms with E-state index in [0.717, 1.165) is 6.42 Å². The summed E-state index contributed by atoms with van der Waals surface area (Å²) >= 11 is 0. The maximum atomic E-state index is 13.5. The minimum Gasteiger partial charge on any atom is -0.326 e. The van der Waals surface area contributed by atoms with Gasteiger partial charge in [0.2, 0.25) is 0 Å². The molecule has 1 aliphatic heterocycles. The molecule has 1 atom stereocenters. The lowest BCUT2D eigenvalue weighted by Crippen LogP contribution is -2.42. The van der Waals surface area contributed by atoms with Crippen molar-refractivity contribution in [3.8, 4) is 6.07 Å². The molecular weight excluding hydrogens is 363 g/mol. The highest BCUT2D eigenvalue weighted by molar-refractivity contribution is 7.96. The third kappa shape index (κ3) is 3.01. The lowest BCUT2D eigenvalue weighted by molar-refractivity contribution is -0.126. The molecule has 1 aliphatic rings. The van der Waals surface area contributed by atoms with Gasteiger partial charge in [0.15, 0.2) is 5.66 Å². The van der Waals surface area contributed by atoms with Crippen molar-refractivity contribution in [3.05, 3.63) is 91.0 Å². The second kappa shape index (κ2) is 7.97. The van der Waals surface area contributed by atoms with Gasteiger partial charge in [-0.25, -0.2) is 0 Å². The molecule has 3 aromatic rings. The minimum absolute atomic E-state index is 0.103. The Balaban J connectivity index is 2.00. The van der Waals surface area contributed by atoms with Crippen molar-refractivity contribution >= 4 is 29.1 Å². The summed E-state index contributed by atoms with van der Waals surface area (Å²) in [5.41, 5.74) is -0.145. The number of carbonyl (C=O) groups excluding carboxylic acids is 1. The Morgan fingerprint density at radius 2 is 1.25 bits per heavy atom. The minimum atomic E-state index is -2.22. The van der Waals surface area contributed by atoms with Gasteiger partial charge in [0.1, 0.15) is 29.7 Å². The molecule has 0 aromatic heterocycles. The Kier molecular flexibility index (Phi) is 5.24. The highest BCUT2D eigenvalue weighted by Crippen LogP contribution is 2.62. The maximum absolute atomic E-state index is 13.5. The van der Waals surface area contributed by atoms with Crippen molar-refractivity contribution in [1.29, 1.82) is 5.26 Å². The molecule has 1 amide bonds. The summed E-state index contributed by atoms with van der Waals surface area (Å²) in [4.78, 5) is 15.2. The van der Waals surface area contributed by atoms with E-state index in [1.54, 1.807) is 4.90 Å². The largest absolute Gasteiger partial charge is 0.326 e. The predicted octanol–water partition coefficient (Wildman–Crippen LogP) is 3.10. The van der Waals surface area contributed by atoms with E-state index in [9.17, 15) is 4.79 Å². The van der Waals surface area contributed by atoms with Gasteiger partial charge in [-0.15, -0.1) is 0 Å². The van der Waals surface area contributed by atoms with Crippen LogP contribution in [0.25, 0.3) is 0 Å². The molecule has 3 nitrogen and oxygen atoms in total. The summed E-state index contributed by atoms with van der Waals surface area (Å²) in [6, 6.07) is 33.5. The van der Waals surface area contributed by atoms with Crippen LogP contribution in [0.3, 0.4) is 0 Å². The Labute approximate surface area is 166 Å². The fraction of sp³-hybridized carbons (Fsp3) is 0.167. The number of carbonyl (C=O) groups is 1. The number of hydrogen-bond donors (Lipinski definition) is 0. The summed E-state index contributed by atoms with van der Waals surface area (Å²) in [5.74, 6) is 0.103. The molecule has 138 valence electrons. The van der Waals surface area contributed by atoms with Crippen molar-refractivity contribution in [1.82, 2.24) is 4.90 Å². The summed E-state index contributed by atoms with van der Waals surface area (Å²) in [6.07, 6.45) is 0.771. The van der Waals surface area contributed by atoms with Crippen LogP contribution in [0.5, 0.6) is 0 Å². The van der Waals surface area contributed by atoms with Crippen molar-refractivity contribution in [2.24, 2.45) is 0 Å². The van der Waals surface area contributed by atoms with Gasteiger partial charge >= 0.3 is 0 Å². The molecular formula is C24H22N2OP+. The van der Waals surface area contributed by atoms with Crippen LogP contribution in [0.2, 0.25) is 0 Å². The SMILES string of the molecule is N#CCN1CC[C@@H]([P+](c2ccccc2)(c2ccccc2)c2ccccc2)C1=O. The van der Waals surface area contributed by atoms with Gasteiger partial charge in [0.25, 0.3) is 5.91 Å². The van der Waals surface area contributed by atoms with E-state index in [-0.39, 0.29) is 18.1 Å². The lowest BCUT2D eigenvalue weighted by Gasteiger charge is -2.31. The molecule has 1 heterocycles. The van der Waals surface area contributed by atoms with Crippen LogP contribution in [0, 0.1) is 11.3 Å². The predicted molar refractivity (Wildman–Crippen MR) is 116 cm³/mol. The molecule has 4 heteroatoms. The van der Waals surface area contributed by atoms with Gasteiger partial charge in [-0.1, -0.05) is 54.6 Å². The third-order valence-corrected chi connectivity index (χ3v) is 10.2. The Morgan fingerprint density at radius 1 is 0.821 bits per heavy atom. The molecule has 3 aromatic carbocycles. The highest BCUT2D eigenvalue weighted by Gasteiger charge is 2.58. The maximum Gasteiger partial charge on any atom is 0.265 e. The first kappa shape index (κ1) is 18.4. The van der Waals surface area contributed by atoms with Crippen LogP contribution in [-0.2, 0) is 4.79 Å². The average molecular weight is 385 g/mol. The van der Waals surface area contributed by atoms with Crippen LogP contribution in [0.1, 0.15) is 6.42 Å².